The number of hydrazone groups is 1. The first-order chi connectivity index (χ1) is 16.5. The minimum atomic E-state index is -0.476. The Morgan fingerprint density at radius 3 is 2.44 bits per heavy atom. The molecule has 4 rings (SSSR count). The number of carbonyl (C=O) groups excluding carboxylic acids is 1. The molecule has 0 aliphatic rings. The van der Waals surface area contributed by atoms with Gasteiger partial charge < -0.3 is 0 Å². The second-order valence-corrected chi connectivity index (χ2v) is 8.77. The van der Waals surface area contributed by atoms with Gasteiger partial charge in [0.1, 0.15) is 0 Å². The average Bonchev–Trinajstić information content (AvgIpc) is 3.28. The van der Waals surface area contributed by atoms with E-state index in [9.17, 15) is 14.9 Å². The predicted molar refractivity (Wildman–Crippen MR) is 134 cm³/mol. The van der Waals surface area contributed by atoms with Crippen molar-refractivity contribution in [2.75, 3.05) is 5.75 Å². The molecular formula is C23H17BrN6O3S. The van der Waals surface area contributed by atoms with Crippen molar-refractivity contribution in [1.29, 1.82) is 0 Å². The first-order valence-electron chi connectivity index (χ1n) is 9.97. The molecule has 1 heterocycles. The number of rotatable bonds is 8. The molecule has 0 atom stereocenters. The van der Waals surface area contributed by atoms with Gasteiger partial charge in [-0.05, 0) is 42.0 Å². The summed E-state index contributed by atoms with van der Waals surface area (Å²) in [4.78, 5) is 22.6. The van der Waals surface area contributed by atoms with E-state index in [2.05, 4.69) is 36.7 Å². The lowest BCUT2D eigenvalue weighted by molar-refractivity contribution is -0.384. The number of hydrogen-bond donors (Lipinski definition) is 1. The third kappa shape index (κ3) is 5.74. The van der Waals surface area contributed by atoms with Gasteiger partial charge in [0.2, 0.25) is 0 Å². The Kier molecular flexibility index (Phi) is 7.45. The molecule has 0 radical (unpaired) electrons. The lowest BCUT2D eigenvalue weighted by Crippen LogP contribution is -2.20. The molecule has 0 bridgehead atoms. The molecule has 0 unspecified atom stereocenters. The van der Waals surface area contributed by atoms with Crippen LogP contribution >= 0.6 is 27.7 Å². The second-order valence-electron chi connectivity index (χ2n) is 6.91. The number of nitrogens with one attached hydrogen (secondary N) is 1. The van der Waals surface area contributed by atoms with Crippen LogP contribution in [0.25, 0.3) is 17.1 Å². The number of nitrogens with zero attached hydrogens (tertiary/aromatic N) is 5. The summed E-state index contributed by atoms with van der Waals surface area (Å²) in [6.07, 6.45) is 1.42. The summed E-state index contributed by atoms with van der Waals surface area (Å²) in [5.41, 5.74) is 4.84. The molecule has 34 heavy (non-hydrogen) atoms. The highest BCUT2D eigenvalue weighted by molar-refractivity contribution is 9.10. The molecule has 1 aromatic heterocycles. The van der Waals surface area contributed by atoms with E-state index in [1.165, 1.54) is 30.1 Å². The molecule has 170 valence electrons. The molecule has 9 nitrogen and oxygen atoms in total. The SMILES string of the molecule is O=C(CSc1nnc(-c2ccccc2)n1-c1ccc(Br)cc1)N/N=C\c1ccc([N+](=O)[O-])cc1. The van der Waals surface area contributed by atoms with Gasteiger partial charge in [-0.15, -0.1) is 10.2 Å². The summed E-state index contributed by atoms with van der Waals surface area (Å²) in [5.74, 6) is 0.415. The molecule has 11 heteroatoms. The van der Waals surface area contributed by atoms with E-state index in [0.717, 1.165) is 15.7 Å². The largest absolute Gasteiger partial charge is 0.272 e. The number of amides is 1. The van der Waals surface area contributed by atoms with Gasteiger partial charge in [0.15, 0.2) is 11.0 Å². The minimum absolute atomic E-state index is 0.0117. The number of hydrogen-bond acceptors (Lipinski definition) is 7. The van der Waals surface area contributed by atoms with Crippen molar-refractivity contribution in [2.24, 2.45) is 5.10 Å². The van der Waals surface area contributed by atoms with Crippen molar-refractivity contribution in [2.45, 2.75) is 5.16 Å². The van der Waals surface area contributed by atoms with Crippen LogP contribution in [0.4, 0.5) is 5.69 Å². The predicted octanol–water partition coefficient (Wildman–Crippen LogP) is 4.85. The maximum atomic E-state index is 12.3. The molecule has 0 aliphatic carbocycles. The highest BCUT2D eigenvalue weighted by Gasteiger charge is 2.17. The quantitative estimate of drug-likeness (QED) is 0.149. The van der Waals surface area contributed by atoms with Crippen molar-refractivity contribution in [3.05, 3.63) is 99.0 Å². The van der Waals surface area contributed by atoms with Gasteiger partial charge in [0.05, 0.1) is 16.9 Å². The number of halogens is 1. The van der Waals surface area contributed by atoms with Crippen LogP contribution in [0.15, 0.2) is 93.6 Å². The van der Waals surface area contributed by atoms with E-state index in [0.29, 0.717) is 16.5 Å². The Morgan fingerprint density at radius 1 is 1.06 bits per heavy atom. The minimum Gasteiger partial charge on any atom is -0.272 e. The zero-order chi connectivity index (χ0) is 23.9. The molecule has 1 amide bonds. The van der Waals surface area contributed by atoms with E-state index >= 15 is 0 Å². The number of non-ortho nitro benzene ring substituents is 1. The van der Waals surface area contributed by atoms with Crippen LogP contribution in [0.3, 0.4) is 0 Å². The van der Waals surface area contributed by atoms with Crippen molar-refractivity contribution in [3.8, 4) is 17.1 Å². The van der Waals surface area contributed by atoms with Crippen LogP contribution in [0.5, 0.6) is 0 Å². The van der Waals surface area contributed by atoms with Gasteiger partial charge in [-0.25, -0.2) is 5.43 Å². The molecule has 1 N–H and O–H groups in total. The number of thioether (sulfide) groups is 1. The number of nitro groups is 1. The standard InChI is InChI=1S/C23H17BrN6O3S/c24-18-8-12-19(13-9-18)29-22(17-4-2-1-3-5-17)27-28-23(29)34-15-21(31)26-25-14-16-6-10-20(11-7-16)30(32)33/h1-14H,15H2,(H,26,31)/b25-14-. The van der Waals surface area contributed by atoms with Gasteiger partial charge in [-0.1, -0.05) is 58.0 Å². The zero-order valence-electron chi connectivity index (χ0n) is 17.5. The molecule has 4 aromatic rings. The van der Waals surface area contributed by atoms with Gasteiger partial charge in [0.25, 0.3) is 11.6 Å². The molecule has 0 spiro atoms. The highest BCUT2D eigenvalue weighted by atomic mass is 79.9. The first-order valence-corrected chi connectivity index (χ1v) is 11.7. The number of nitro benzene ring substituents is 1. The van der Waals surface area contributed by atoms with Gasteiger partial charge >= 0.3 is 0 Å². The summed E-state index contributed by atoms with van der Waals surface area (Å²) in [6.45, 7) is 0. The summed E-state index contributed by atoms with van der Waals surface area (Å²) < 4.78 is 2.85. The molecule has 0 saturated heterocycles. The summed E-state index contributed by atoms with van der Waals surface area (Å²) >= 11 is 4.69. The van der Waals surface area contributed by atoms with Gasteiger partial charge in [0, 0.05) is 27.9 Å². The molecule has 0 aliphatic heterocycles. The fourth-order valence-electron chi connectivity index (χ4n) is 2.98. The smallest absolute Gasteiger partial charge is 0.269 e. The Hall–Kier alpha value is -3.83. The monoisotopic (exact) mass is 536 g/mol. The van der Waals surface area contributed by atoms with Crippen molar-refractivity contribution in [1.82, 2.24) is 20.2 Å². The van der Waals surface area contributed by atoms with Crippen molar-refractivity contribution >= 4 is 45.5 Å². The normalized spacial score (nSPS) is 11.0. The molecule has 3 aromatic carbocycles. The van der Waals surface area contributed by atoms with Crippen molar-refractivity contribution in [3.63, 3.8) is 0 Å². The van der Waals surface area contributed by atoms with Crippen LogP contribution < -0.4 is 5.43 Å². The van der Waals surface area contributed by atoms with Crippen LogP contribution in [-0.2, 0) is 4.79 Å². The molecular weight excluding hydrogens is 520 g/mol. The second kappa shape index (κ2) is 10.9. The van der Waals surface area contributed by atoms with E-state index in [4.69, 9.17) is 0 Å². The summed E-state index contributed by atoms with van der Waals surface area (Å²) in [7, 11) is 0. The van der Waals surface area contributed by atoms with Crippen LogP contribution in [0.2, 0.25) is 0 Å². The van der Waals surface area contributed by atoms with E-state index in [1.807, 2.05) is 59.2 Å². The number of benzene rings is 3. The summed E-state index contributed by atoms with van der Waals surface area (Å²) in [5, 5.41) is 23.9. The van der Waals surface area contributed by atoms with Crippen LogP contribution in [0, 0.1) is 10.1 Å². The molecule has 0 saturated carbocycles. The average molecular weight is 537 g/mol. The van der Waals surface area contributed by atoms with Crippen LogP contribution in [0.1, 0.15) is 5.56 Å². The van der Waals surface area contributed by atoms with E-state index in [-0.39, 0.29) is 17.3 Å². The Balaban J connectivity index is 1.46. The zero-order valence-corrected chi connectivity index (χ0v) is 19.9. The van der Waals surface area contributed by atoms with Gasteiger partial charge in [-0.2, -0.15) is 5.10 Å². The Labute approximate surface area is 207 Å². The third-order valence-electron chi connectivity index (χ3n) is 4.59. The Bertz CT molecular complexity index is 1330. The summed E-state index contributed by atoms with van der Waals surface area (Å²) in [6, 6.07) is 23.3. The molecule has 0 fully saturated rings. The Morgan fingerprint density at radius 2 is 1.76 bits per heavy atom. The van der Waals surface area contributed by atoms with Gasteiger partial charge in [-0.3, -0.25) is 19.5 Å². The highest BCUT2D eigenvalue weighted by Crippen LogP contribution is 2.28. The lowest BCUT2D eigenvalue weighted by atomic mass is 10.2. The lowest BCUT2D eigenvalue weighted by Gasteiger charge is -2.10. The maximum Gasteiger partial charge on any atom is 0.269 e. The van der Waals surface area contributed by atoms with E-state index < -0.39 is 4.92 Å². The first kappa shape index (κ1) is 23.3. The van der Waals surface area contributed by atoms with E-state index in [1.54, 1.807) is 12.1 Å². The van der Waals surface area contributed by atoms with Crippen molar-refractivity contribution < 1.29 is 9.72 Å². The topological polar surface area (TPSA) is 115 Å². The fourth-order valence-corrected chi connectivity index (χ4v) is 3.99. The third-order valence-corrected chi connectivity index (χ3v) is 6.05. The van der Waals surface area contributed by atoms with Crippen LogP contribution in [-0.4, -0.2) is 37.6 Å². The number of carbonyl (C=O) groups is 1. The number of aromatic nitrogens is 3. The fraction of sp³-hybridized carbons (Fsp3) is 0.0435. The maximum absolute atomic E-state index is 12.3.